The van der Waals surface area contributed by atoms with Crippen LogP contribution in [0.1, 0.15) is 52.0 Å². The molecule has 0 spiro atoms. The van der Waals surface area contributed by atoms with Gasteiger partial charge in [-0.3, -0.25) is 10.0 Å². The summed E-state index contributed by atoms with van der Waals surface area (Å²) in [5, 5.41) is 9.14. The first kappa shape index (κ1) is 22.1. The fourth-order valence-electron chi connectivity index (χ4n) is 3.87. The Morgan fingerprint density at radius 1 is 1.04 bits per heavy atom. The van der Waals surface area contributed by atoms with Gasteiger partial charge < -0.3 is 0 Å². The summed E-state index contributed by atoms with van der Waals surface area (Å²) in [6.45, 7) is 2.09. The molecule has 2 aromatic carbocycles. The van der Waals surface area contributed by atoms with E-state index < -0.39 is 20.5 Å². The molecule has 1 amide bonds. The Morgan fingerprint density at radius 3 is 2.25 bits per heavy atom. The Labute approximate surface area is 167 Å². The molecule has 1 saturated carbocycles. The monoisotopic (exact) mass is 403 g/mol. The molecule has 0 unspecified atom stereocenters. The van der Waals surface area contributed by atoms with Crippen LogP contribution in [0.15, 0.2) is 53.4 Å². The zero-order valence-electron chi connectivity index (χ0n) is 15.4. The molecule has 0 bridgehead atoms. The Kier molecular flexibility index (Phi) is 7.01. The molecule has 1 aliphatic carbocycles. The van der Waals surface area contributed by atoms with Crippen LogP contribution in [0.25, 0.3) is 11.1 Å². The van der Waals surface area contributed by atoms with Gasteiger partial charge >= 0.3 is 0 Å². The number of carbonyl (C=O) groups is 1. The molecular formula is C22H29NO4S. The lowest BCUT2D eigenvalue weighted by atomic mass is 9.88. The SMILES string of the molecule is C.CCc1cccc(-c2ccc(S(=O)(=O)C3(C(=O)NO)CCCCC3)cc2)c1. The molecule has 1 aliphatic rings. The molecule has 6 heteroatoms. The van der Waals surface area contributed by atoms with E-state index in [-0.39, 0.29) is 25.2 Å². The first-order valence-corrected chi connectivity index (χ1v) is 10.8. The van der Waals surface area contributed by atoms with Crippen LogP contribution in [0.3, 0.4) is 0 Å². The van der Waals surface area contributed by atoms with E-state index in [1.165, 1.54) is 5.56 Å². The third kappa shape index (κ3) is 3.84. The summed E-state index contributed by atoms with van der Waals surface area (Å²) in [6, 6.07) is 14.8. The molecule has 152 valence electrons. The first-order chi connectivity index (χ1) is 12.9. The van der Waals surface area contributed by atoms with Crippen molar-refractivity contribution >= 4 is 15.7 Å². The molecule has 0 saturated heterocycles. The van der Waals surface area contributed by atoms with Gasteiger partial charge in [-0.1, -0.05) is 70.0 Å². The summed E-state index contributed by atoms with van der Waals surface area (Å²) in [4.78, 5) is 12.4. The number of nitrogens with one attached hydrogen (secondary N) is 1. The first-order valence-electron chi connectivity index (χ1n) is 9.33. The molecule has 1 fully saturated rings. The van der Waals surface area contributed by atoms with Crippen LogP contribution in [-0.4, -0.2) is 24.3 Å². The van der Waals surface area contributed by atoms with Crippen molar-refractivity contribution < 1.29 is 18.4 Å². The number of sulfone groups is 1. The Morgan fingerprint density at radius 2 is 1.68 bits per heavy atom. The van der Waals surface area contributed by atoms with Crippen LogP contribution in [0.4, 0.5) is 0 Å². The van der Waals surface area contributed by atoms with Crippen molar-refractivity contribution in [2.45, 2.75) is 62.5 Å². The number of amides is 1. The zero-order chi connectivity index (χ0) is 19.5. The minimum atomic E-state index is -3.92. The molecule has 0 aliphatic heterocycles. The highest BCUT2D eigenvalue weighted by Gasteiger charge is 2.51. The van der Waals surface area contributed by atoms with Crippen molar-refractivity contribution in [3.63, 3.8) is 0 Å². The largest absolute Gasteiger partial charge is 0.289 e. The number of hydroxylamine groups is 1. The van der Waals surface area contributed by atoms with E-state index in [4.69, 9.17) is 5.21 Å². The highest BCUT2D eigenvalue weighted by Crippen LogP contribution is 2.39. The molecule has 3 rings (SSSR count). The highest BCUT2D eigenvalue weighted by molar-refractivity contribution is 7.93. The normalized spacial score (nSPS) is 16.1. The van der Waals surface area contributed by atoms with E-state index in [2.05, 4.69) is 19.1 Å². The highest BCUT2D eigenvalue weighted by atomic mass is 32.2. The number of hydrogen-bond acceptors (Lipinski definition) is 4. The number of benzene rings is 2. The second kappa shape index (κ2) is 8.88. The predicted octanol–water partition coefficient (Wildman–Crippen LogP) is 4.53. The minimum Gasteiger partial charge on any atom is -0.289 e. The van der Waals surface area contributed by atoms with E-state index in [0.717, 1.165) is 24.0 Å². The van der Waals surface area contributed by atoms with Crippen molar-refractivity contribution in [1.29, 1.82) is 0 Å². The minimum absolute atomic E-state index is 0. The maximum atomic E-state index is 13.3. The molecular weight excluding hydrogens is 374 g/mol. The van der Waals surface area contributed by atoms with Crippen LogP contribution in [-0.2, 0) is 21.1 Å². The zero-order valence-corrected chi connectivity index (χ0v) is 16.3. The number of aryl methyl sites for hydroxylation is 1. The van der Waals surface area contributed by atoms with Gasteiger partial charge in [-0.05, 0) is 48.1 Å². The third-order valence-corrected chi connectivity index (χ3v) is 8.04. The summed E-state index contributed by atoms with van der Waals surface area (Å²) in [6.07, 6.45) is 3.56. The van der Waals surface area contributed by atoms with E-state index in [9.17, 15) is 13.2 Å². The quantitative estimate of drug-likeness (QED) is 0.567. The van der Waals surface area contributed by atoms with Gasteiger partial charge in [0.25, 0.3) is 5.91 Å². The van der Waals surface area contributed by atoms with E-state index >= 15 is 0 Å². The van der Waals surface area contributed by atoms with Crippen LogP contribution < -0.4 is 5.48 Å². The molecule has 5 nitrogen and oxygen atoms in total. The lowest BCUT2D eigenvalue weighted by Crippen LogP contribution is -2.52. The van der Waals surface area contributed by atoms with Gasteiger partial charge in [0, 0.05) is 0 Å². The maximum Gasteiger partial charge on any atom is 0.265 e. The topological polar surface area (TPSA) is 83.5 Å². The lowest BCUT2D eigenvalue weighted by Gasteiger charge is -2.34. The van der Waals surface area contributed by atoms with Crippen molar-refractivity contribution in [3.05, 3.63) is 54.1 Å². The fourth-order valence-corrected chi connectivity index (χ4v) is 5.93. The Balaban J connectivity index is 0.00000280. The lowest BCUT2D eigenvalue weighted by molar-refractivity contribution is -0.132. The van der Waals surface area contributed by atoms with Crippen molar-refractivity contribution in [2.75, 3.05) is 0 Å². The number of hydrogen-bond donors (Lipinski definition) is 2. The van der Waals surface area contributed by atoms with E-state index in [0.29, 0.717) is 12.8 Å². The molecule has 0 aromatic heterocycles. The second-order valence-corrected chi connectivity index (χ2v) is 9.34. The molecule has 0 radical (unpaired) electrons. The fraction of sp³-hybridized carbons (Fsp3) is 0.409. The molecule has 28 heavy (non-hydrogen) atoms. The Hall–Kier alpha value is -2.18. The molecule has 2 aromatic rings. The summed E-state index contributed by atoms with van der Waals surface area (Å²) in [5.74, 6) is -0.832. The number of rotatable bonds is 5. The van der Waals surface area contributed by atoms with Crippen molar-refractivity contribution in [1.82, 2.24) is 5.48 Å². The van der Waals surface area contributed by atoms with Gasteiger partial charge in [0.1, 0.15) is 0 Å². The van der Waals surface area contributed by atoms with Crippen LogP contribution in [0, 0.1) is 0 Å². The molecule has 0 atom stereocenters. The third-order valence-electron chi connectivity index (χ3n) is 5.52. The summed E-state index contributed by atoms with van der Waals surface area (Å²) >= 11 is 0. The predicted molar refractivity (Wildman–Crippen MR) is 111 cm³/mol. The van der Waals surface area contributed by atoms with Crippen molar-refractivity contribution in [3.8, 4) is 11.1 Å². The molecule has 0 heterocycles. The van der Waals surface area contributed by atoms with Gasteiger partial charge in [0.15, 0.2) is 14.6 Å². The second-order valence-electron chi connectivity index (χ2n) is 7.08. The van der Waals surface area contributed by atoms with Crippen LogP contribution in [0.2, 0.25) is 0 Å². The van der Waals surface area contributed by atoms with E-state index in [1.807, 2.05) is 12.1 Å². The molecule has 2 N–H and O–H groups in total. The van der Waals surface area contributed by atoms with Crippen LogP contribution >= 0.6 is 0 Å². The summed E-state index contributed by atoms with van der Waals surface area (Å²) < 4.78 is 25.0. The van der Waals surface area contributed by atoms with Crippen molar-refractivity contribution in [2.24, 2.45) is 0 Å². The van der Waals surface area contributed by atoms with E-state index in [1.54, 1.807) is 29.7 Å². The summed E-state index contributed by atoms with van der Waals surface area (Å²) in [7, 11) is -3.92. The van der Waals surface area contributed by atoms with Crippen LogP contribution in [0.5, 0.6) is 0 Å². The van der Waals surface area contributed by atoms with Gasteiger partial charge in [-0.2, -0.15) is 0 Å². The number of carbonyl (C=O) groups excluding carboxylic acids is 1. The van der Waals surface area contributed by atoms with Gasteiger partial charge in [-0.15, -0.1) is 0 Å². The Bertz CT molecular complexity index is 914. The van der Waals surface area contributed by atoms with Gasteiger partial charge in [-0.25, -0.2) is 13.9 Å². The average Bonchev–Trinajstić information content (AvgIpc) is 2.73. The maximum absolute atomic E-state index is 13.3. The van der Waals surface area contributed by atoms with Gasteiger partial charge in [0.05, 0.1) is 4.90 Å². The standard InChI is InChI=1S/C21H25NO4S.CH4/c1-2-16-7-6-8-18(15-16)17-9-11-19(12-10-17)27(25,26)21(20(23)22-24)13-4-3-5-14-21;/h6-12,15,24H,2-5,13-14H2,1H3,(H,22,23);1H4. The summed E-state index contributed by atoms with van der Waals surface area (Å²) in [5.41, 5.74) is 4.75. The smallest absolute Gasteiger partial charge is 0.265 e. The average molecular weight is 404 g/mol. The van der Waals surface area contributed by atoms with Gasteiger partial charge in [0.2, 0.25) is 0 Å².